The smallest absolute Gasteiger partial charge is 0.227 e. The van der Waals surface area contributed by atoms with Gasteiger partial charge >= 0.3 is 0 Å². The van der Waals surface area contributed by atoms with Crippen molar-refractivity contribution in [1.29, 1.82) is 0 Å². The zero-order valence-corrected chi connectivity index (χ0v) is 11.1. The molecule has 1 aliphatic rings. The molecule has 1 fully saturated rings. The number of aryl methyl sites for hydroxylation is 2. The Hall–Kier alpha value is -0.900. The zero-order chi connectivity index (χ0) is 11.7. The molecule has 2 heterocycles. The number of rotatable bonds is 2. The van der Waals surface area contributed by atoms with Crippen LogP contribution >= 0.6 is 15.9 Å². The molecule has 1 atom stereocenters. The Bertz CT molecular complexity index is 399. The second-order valence-electron chi connectivity index (χ2n) is 4.35. The summed E-state index contributed by atoms with van der Waals surface area (Å²) in [6.45, 7) is 4.82. The van der Waals surface area contributed by atoms with Gasteiger partial charge in [-0.2, -0.15) is 0 Å². The minimum Gasteiger partial charge on any atom is -0.311 e. The lowest BCUT2D eigenvalue weighted by Crippen LogP contribution is -2.26. The zero-order valence-electron chi connectivity index (χ0n) is 9.53. The van der Waals surface area contributed by atoms with Crippen LogP contribution in [0.2, 0.25) is 0 Å². The topological polar surface area (TPSA) is 33.2 Å². The fraction of sp³-hybridized carbons (Fsp3) is 0.500. The third-order valence-corrected chi connectivity index (χ3v) is 3.89. The van der Waals surface area contributed by atoms with Crippen LogP contribution in [0.3, 0.4) is 0 Å². The molecule has 3 nitrogen and oxygen atoms in total. The van der Waals surface area contributed by atoms with Crippen molar-refractivity contribution in [3.63, 3.8) is 0 Å². The Labute approximate surface area is 104 Å². The first-order valence-electron chi connectivity index (χ1n) is 5.41. The molecular formula is C12H15BrN2O. The molecule has 0 aromatic carbocycles. The highest BCUT2D eigenvalue weighted by molar-refractivity contribution is 9.09. The first kappa shape index (κ1) is 11.6. The van der Waals surface area contributed by atoms with E-state index in [-0.39, 0.29) is 5.91 Å². The number of amides is 1. The molecule has 1 saturated heterocycles. The molecule has 0 spiro atoms. The molecule has 4 heteroatoms. The van der Waals surface area contributed by atoms with Crippen molar-refractivity contribution in [1.82, 2.24) is 4.98 Å². The predicted molar refractivity (Wildman–Crippen MR) is 68.0 cm³/mol. The Kier molecular flexibility index (Phi) is 3.28. The summed E-state index contributed by atoms with van der Waals surface area (Å²) < 4.78 is 0. The van der Waals surface area contributed by atoms with E-state index in [2.05, 4.69) is 20.9 Å². The van der Waals surface area contributed by atoms with E-state index in [4.69, 9.17) is 0 Å². The third kappa shape index (κ3) is 1.98. The monoisotopic (exact) mass is 282 g/mol. The van der Waals surface area contributed by atoms with Crippen molar-refractivity contribution in [3.05, 3.63) is 23.5 Å². The van der Waals surface area contributed by atoms with E-state index in [9.17, 15) is 4.79 Å². The van der Waals surface area contributed by atoms with Gasteiger partial charge < -0.3 is 4.90 Å². The van der Waals surface area contributed by atoms with Gasteiger partial charge in [0.1, 0.15) is 0 Å². The number of alkyl halides is 1. The molecule has 86 valence electrons. The maximum atomic E-state index is 11.9. The van der Waals surface area contributed by atoms with Crippen molar-refractivity contribution < 1.29 is 4.79 Å². The van der Waals surface area contributed by atoms with Crippen LogP contribution in [-0.2, 0) is 4.79 Å². The molecular weight excluding hydrogens is 268 g/mol. The lowest BCUT2D eigenvalue weighted by Gasteiger charge is -2.20. The highest BCUT2D eigenvalue weighted by Gasteiger charge is 2.31. The van der Waals surface area contributed by atoms with Gasteiger partial charge in [-0.3, -0.25) is 9.78 Å². The number of hydrogen-bond acceptors (Lipinski definition) is 2. The number of hydrogen-bond donors (Lipinski definition) is 0. The largest absolute Gasteiger partial charge is 0.311 e. The number of aromatic nitrogens is 1. The summed E-state index contributed by atoms with van der Waals surface area (Å²) in [5.41, 5.74) is 3.19. The molecule has 0 radical (unpaired) electrons. The van der Waals surface area contributed by atoms with E-state index in [1.165, 1.54) is 0 Å². The third-order valence-electron chi connectivity index (χ3n) is 2.98. The van der Waals surface area contributed by atoms with Crippen LogP contribution in [-0.4, -0.2) is 22.8 Å². The number of carbonyl (C=O) groups is 1. The van der Waals surface area contributed by atoms with Crippen LogP contribution in [0.5, 0.6) is 0 Å². The Morgan fingerprint density at radius 2 is 2.06 bits per heavy atom. The molecule has 0 saturated carbocycles. The van der Waals surface area contributed by atoms with Crippen molar-refractivity contribution in [2.24, 2.45) is 5.92 Å². The summed E-state index contributed by atoms with van der Waals surface area (Å²) in [6, 6.07) is 0. The fourth-order valence-electron chi connectivity index (χ4n) is 2.22. The summed E-state index contributed by atoms with van der Waals surface area (Å²) in [6.07, 6.45) is 4.28. The second-order valence-corrected chi connectivity index (χ2v) is 5.00. The van der Waals surface area contributed by atoms with Crippen LogP contribution in [0.25, 0.3) is 0 Å². The highest BCUT2D eigenvalue weighted by Crippen LogP contribution is 2.30. The van der Waals surface area contributed by atoms with E-state index in [1.54, 1.807) is 0 Å². The summed E-state index contributed by atoms with van der Waals surface area (Å²) >= 11 is 3.45. The van der Waals surface area contributed by atoms with Gasteiger partial charge in [0.05, 0.1) is 5.69 Å². The van der Waals surface area contributed by atoms with Crippen LogP contribution in [0.4, 0.5) is 5.69 Å². The maximum absolute atomic E-state index is 11.9. The molecule has 2 rings (SSSR count). The van der Waals surface area contributed by atoms with Crippen LogP contribution < -0.4 is 4.90 Å². The number of carbonyl (C=O) groups excluding carboxylic acids is 1. The first-order valence-corrected chi connectivity index (χ1v) is 6.53. The predicted octanol–water partition coefficient (Wildman–Crippen LogP) is 2.45. The van der Waals surface area contributed by atoms with E-state index in [0.29, 0.717) is 12.3 Å². The molecule has 1 aliphatic heterocycles. The molecule has 0 aliphatic carbocycles. The first-order chi connectivity index (χ1) is 7.63. The number of pyridine rings is 1. The van der Waals surface area contributed by atoms with Gasteiger partial charge in [-0.15, -0.1) is 0 Å². The van der Waals surface area contributed by atoms with Gasteiger partial charge in [0.15, 0.2) is 0 Å². The normalized spacial score (nSPS) is 20.6. The van der Waals surface area contributed by atoms with Crippen LogP contribution in [0.15, 0.2) is 12.4 Å². The lowest BCUT2D eigenvalue weighted by atomic mass is 10.1. The van der Waals surface area contributed by atoms with E-state index < -0.39 is 0 Å². The summed E-state index contributed by atoms with van der Waals surface area (Å²) in [5.74, 6) is 0.654. The SMILES string of the molecule is Cc1cncc(C)c1N1CC(CBr)CC1=O. The Morgan fingerprint density at radius 1 is 1.44 bits per heavy atom. The quantitative estimate of drug-likeness (QED) is 0.781. The number of anilines is 1. The lowest BCUT2D eigenvalue weighted by molar-refractivity contribution is -0.117. The number of halogens is 1. The molecule has 1 aromatic heterocycles. The standard InChI is InChI=1S/C12H15BrN2O/c1-8-5-14-6-9(2)12(8)15-7-10(4-13)3-11(15)16/h5-6,10H,3-4,7H2,1-2H3. The summed E-state index contributed by atoms with van der Waals surface area (Å²) in [7, 11) is 0. The van der Waals surface area contributed by atoms with Crippen LogP contribution in [0.1, 0.15) is 17.5 Å². The van der Waals surface area contributed by atoms with Crippen molar-refractivity contribution in [2.45, 2.75) is 20.3 Å². The van der Waals surface area contributed by atoms with Gasteiger partial charge in [-0.05, 0) is 30.9 Å². The molecule has 1 amide bonds. The van der Waals surface area contributed by atoms with Crippen LogP contribution in [0, 0.1) is 19.8 Å². The summed E-state index contributed by atoms with van der Waals surface area (Å²) in [4.78, 5) is 18.0. The Morgan fingerprint density at radius 3 is 2.56 bits per heavy atom. The minimum absolute atomic E-state index is 0.224. The van der Waals surface area contributed by atoms with Crippen molar-refractivity contribution in [3.8, 4) is 0 Å². The maximum Gasteiger partial charge on any atom is 0.227 e. The fourth-order valence-corrected chi connectivity index (χ4v) is 2.65. The molecule has 1 aromatic rings. The Balaban J connectivity index is 2.35. The van der Waals surface area contributed by atoms with Crippen molar-refractivity contribution in [2.75, 3.05) is 16.8 Å². The van der Waals surface area contributed by atoms with Gasteiger partial charge in [0.25, 0.3) is 0 Å². The van der Waals surface area contributed by atoms with Gasteiger partial charge in [0.2, 0.25) is 5.91 Å². The van der Waals surface area contributed by atoms with Gasteiger partial charge in [-0.25, -0.2) is 0 Å². The van der Waals surface area contributed by atoms with E-state index in [1.807, 2.05) is 31.1 Å². The second kappa shape index (κ2) is 4.53. The van der Waals surface area contributed by atoms with Gasteiger partial charge in [0, 0.05) is 30.7 Å². The van der Waals surface area contributed by atoms with Gasteiger partial charge in [-0.1, -0.05) is 15.9 Å². The number of nitrogens with zero attached hydrogens (tertiary/aromatic N) is 2. The molecule has 1 unspecified atom stereocenters. The molecule has 0 N–H and O–H groups in total. The minimum atomic E-state index is 0.224. The average Bonchev–Trinajstić information content (AvgIpc) is 2.60. The average molecular weight is 283 g/mol. The molecule has 16 heavy (non-hydrogen) atoms. The highest BCUT2D eigenvalue weighted by atomic mass is 79.9. The van der Waals surface area contributed by atoms with E-state index in [0.717, 1.165) is 28.7 Å². The van der Waals surface area contributed by atoms with Crippen molar-refractivity contribution >= 4 is 27.5 Å². The molecule has 0 bridgehead atoms. The summed E-state index contributed by atoms with van der Waals surface area (Å²) in [5, 5.41) is 0.887. The van der Waals surface area contributed by atoms with E-state index >= 15 is 0 Å².